The van der Waals surface area contributed by atoms with Gasteiger partial charge in [0, 0.05) is 5.39 Å². The van der Waals surface area contributed by atoms with Gasteiger partial charge in [-0.05, 0) is 17.0 Å². The van der Waals surface area contributed by atoms with E-state index in [0.717, 1.165) is 33.4 Å². The van der Waals surface area contributed by atoms with E-state index in [4.69, 9.17) is 0 Å². The van der Waals surface area contributed by atoms with Crippen molar-refractivity contribution >= 4 is 34.0 Å². The van der Waals surface area contributed by atoms with Gasteiger partial charge < -0.3 is 5.11 Å². The van der Waals surface area contributed by atoms with Crippen LogP contribution in [-0.4, -0.2) is 15.9 Å². The molecule has 1 aromatic heterocycles. The fourth-order valence-electron chi connectivity index (χ4n) is 2.85. The molecule has 4 nitrogen and oxygen atoms in total. The van der Waals surface area contributed by atoms with Crippen molar-refractivity contribution in [1.82, 2.24) is 4.57 Å². The van der Waals surface area contributed by atoms with Crippen LogP contribution in [0.4, 0.5) is 5.69 Å². The highest BCUT2D eigenvalue weighted by Crippen LogP contribution is 2.26. The third-order valence-corrected chi connectivity index (χ3v) is 5.07. The Balaban J connectivity index is 1.67. The van der Waals surface area contributed by atoms with Crippen molar-refractivity contribution in [2.45, 2.75) is 6.54 Å². The van der Waals surface area contributed by atoms with Crippen LogP contribution in [0.2, 0.25) is 0 Å². The lowest BCUT2D eigenvalue weighted by molar-refractivity contribution is 0.421. The summed E-state index contributed by atoms with van der Waals surface area (Å²) < 4.78 is 1.37. The molecule has 0 aliphatic heterocycles. The number of hydrogen-bond donors (Lipinski definition) is 1. The molecule has 0 aliphatic rings. The molecule has 4 rings (SSSR count). The minimum Gasteiger partial charge on any atom is -0.493 e. The molecule has 0 radical (unpaired) electrons. The zero-order chi connectivity index (χ0) is 17.9. The van der Waals surface area contributed by atoms with Crippen LogP contribution in [0.15, 0.2) is 82.6 Å². The van der Waals surface area contributed by atoms with Crippen LogP contribution in [0.1, 0.15) is 10.4 Å². The average molecular weight is 360 g/mol. The Morgan fingerprint density at radius 3 is 2.54 bits per heavy atom. The summed E-state index contributed by atoms with van der Waals surface area (Å²) in [5.41, 5.74) is 1.76. The normalized spacial score (nSPS) is 11.4. The van der Waals surface area contributed by atoms with Gasteiger partial charge in [-0.3, -0.25) is 14.4 Å². The maximum atomic E-state index is 12.2. The smallest absolute Gasteiger partial charge is 0.310 e. The van der Waals surface area contributed by atoms with Gasteiger partial charge in [0.1, 0.15) is 4.88 Å². The van der Waals surface area contributed by atoms with Gasteiger partial charge >= 0.3 is 4.87 Å². The highest BCUT2D eigenvalue weighted by atomic mass is 32.1. The van der Waals surface area contributed by atoms with Crippen LogP contribution < -0.4 is 4.87 Å². The molecular formula is C21H16N2O2S. The van der Waals surface area contributed by atoms with E-state index in [1.807, 2.05) is 72.8 Å². The van der Waals surface area contributed by atoms with Crippen molar-refractivity contribution in [3.8, 4) is 5.88 Å². The molecule has 0 aliphatic carbocycles. The zero-order valence-electron chi connectivity index (χ0n) is 13.9. The predicted octanol–water partition coefficient (Wildman–Crippen LogP) is 4.57. The Labute approximate surface area is 154 Å². The summed E-state index contributed by atoms with van der Waals surface area (Å²) in [6.45, 7) is 0.337. The number of aromatic hydroxyl groups is 1. The van der Waals surface area contributed by atoms with Gasteiger partial charge in [0.05, 0.1) is 18.4 Å². The van der Waals surface area contributed by atoms with E-state index in [2.05, 4.69) is 4.99 Å². The van der Waals surface area contributed by atoms with Crippen molar-refractivity contribution in [3.63, 3.8) is 0 Å². The van der Waals surface area contributed by atoms with Crippen molar-refractivity contribution in [3.05, 3.63) is 92.9 Å². The fourth-order valence-corrected chi connectivity index (χ4v) is 3.61. The van der Waals surface area contributed by atoms with Crippen LogP contribution in [0, 0.1) is 0 Å². The van der Waals surface area contributed by atoms with Crippen molar-refractivity contribution in [1.29, 1.82) is 0 Å². The minimum atomic E-state index is -0.203. The first-order valence-corrected chi connectivity index (χ1v) is 9.02. The highest BCUT2D eigenvalue weighted by Gasteiger charge is 2.12. The Morgan fingerprint density at radius 1 is 0.962 bits per heavy atom. The number of thiazole rings is 1. The van der Waals surface area contributed by atoms with Gasteiger partial charge in [0.25, 0.3) is 0 Å². The summed E-state index contributed by atoms with van der Waals surface area (Å²) in [6.07, 6.45) is 1.56. The maximum absolute atomic E-state index is 12.2. The number of benzene rings is 3. The number of hydrogen-bond acceptors (Lipinski definition) is 4. The Bertz CT molecular complexity index is 1140. The first-order valence-electron chi connectivity index (χ1n) is 8.21. The largest absolute Gasteiger partial charge is 0.493 e. The summed E-state index contributed by atoms with van der Waals surface area (Å²) in [4.78, 5) is 17.0. The van der Waals surface area contributed by atoms with Gasteiger partial charge in [-0.1, -0.05) is 78.1 Å². The second kappa shape index (κ2) is 6.98. The summed E-state index contributed by atoms with van der Waals surface area (Å²) >= 11 is 0.993. The first-order chi connectivity index (χ1) is 12.7. The first kappa shape index (κ1) is 16.3. The van der Waals surface area contributed by atoms with Crippen LogP contribution in [-0.2, 0) is 6.54 Å². The van der Waals surface area contributed by atoms with Gasteiger partial charge in [0.15, 0.2) is 0 Å². The number of nitrogens with zero attached hydrogens (tertiary/aromatic N) is 2. The monoisotopic (exact) mass is 360 g/mol. The van der Waals surface area contributed by atoms with E-state index in [9.17, 15) is 9.90 Å². The molecule has 0 amide bonds. The van der Waals surface area contributed by atoms with Gasteiger partial charge in [-0.2, -0.15) is 0 Å². The number of aliphatic imine (C=N–C) groups is 1. The van der Waals surface area contributed by atoms with Gasteiger partial charge in [-0.15, -0.1) is 0 Å². The average Bonchev–Trinajstić information content (AvgIpc) is 2.95. The lowest BCUT2D eigenvalue weighted by Gasteiger charge is -2.03. The SMILES string of the molecule is O=c1sc(C=Nc2cccc3ccccc23)c(O)n1Cc1ccccc1. The van der Waals surface area contributed by atoms with Crippen molar-refractivity contribution in [2.75, 3.05) is 0 Å². The second-order valence-corrected chi connectivity index (χ2v) is 6.88. The molecule has 0 bridgehead atoms. The molecule has 3 aromatic carbocycles. The molecule has 4 aromatic rings. The second-order valence-electron chi connectivity index (χ2n) is 5.88. The van der Waals surface area contributed by atoms with Crippen LogP contribution in [0.5, 0.6) is 5.88 Å². The van der Waals surface area contributed by atoms with Gasteiger partial charge in [-0.25, -0.2) is 0 Å². The minimum absolute atomic E-state index is 0.0483. The Kier molecular flexibility index (Phi) is 4.37. The van der Waals surface area contributed by atoms with Crippen LogP contribution >= 0.6 is 11.3 Å². The van der Waals surface area contributed by atoms with Crippen LogP contribution in [0.25, 0.3) is 10.8 Å². The molecule has 1 N–H and O–H groups in total. The molecule has 0 unspecified atom stereocenters. The maximum Gasteiger partial charge on any atom is 0.310 e. The third kappa shape index (κ3) is 3.17. The van der Waals surface area contributed by atoms with E-state index in [1.165, 1.54) is 4.57 Å². The molecule has 5 heteroatoms. The molecule has 0 saturated carbocycles. The topological polar surface area (TPSA) is 54.6 Å². The van der Waals surface area contributed by atoms with Gasteiger partial charge in [0.2, 0.25) is 5.88 Å². The molecular weight excluding hydrogens is 344 g/mol. The van der Waals surface area contributed by atoms with E-state index in [1.54, 1.807) is 6.21 Å². The molecule has 0 spiro atoms. The van der Waals surface area contributed by atoms with Crippen molar-refractivity contribution in [2.24, 2.45) is 4.99 Å². The van der Waals surface area contributed by atoms with E-state index in [0.29, 0.717) is 11.4 Å². The summed E-state index contributed by atoms with van der Waals surface area (Å²) in [5, 5.41) is 12.6. The number of rotatable bonds is 4. The Morgan fingerprint density at radius 2 is 1.69 bits per heavy atom. The molecule has 26 heavy (non-hydrogen) atoms. The predicted molar refractivity (Wildman–Crippen MR) is 107 cm³/mol. The molecule has 0 saturated heterocycles. The highest BCUT2D eigenvalue weighted by molar-refractivity contribution is 7.11. The lowest BCUT2D eigenvalue weighted by Crippen LogP contribution is -2.13. The summed E-state index contributed by atoms with van der Waals surface area (Å²) in [6, 6.07) is 23.5. The lowest BCUT2D eigenvalue weighted by atomic mass is 10.1. The van der Waals surface area contributed by atoms with Crippen molar-refractivity contribution < 1.29 is 5.11 Å². The molecule has 128 valence electrons. The van der Waals surface area contributed by atoms with Crippen LogP contribution in [0.3, 0.4) is 0 Å². The molecule has 0 fully saturated rings. The van der Waals surface area contributed by atoms with E-state index in [-0.39, 0.29) is 10.8 Å². The summed E-state index contributed by atoms with van der Waals surface area (Å²) in [7, 11) is 0. The number of fused-ring (bicyclic) bond motifs is 1. The Hall–Kier alpha value is -3.18. The zero-order valence-corrected chi connectivity index (χ0v) is 14.7. The third-order valence-electron chi connectivity index (χ3n) is 4.16. The van der Waals surface area contributed by atoms with E-state index >= 15 is 0 Å². The molecule has 0 atom stereocenters. The standard InChI is InChI=1S/C21H16N2O2S/c24-20-19(26-21(25)23(20)14-15-7-2-1-3-8-15)13-22-18-12-6-10-16-9-4-5-11-17(16)18/h1-13,24H,14H2. The fraction of sp³-hybridized carbons (Fsp3) is 0.0476. The van der Waals surface area contributed by atoms with E-state index < -0.39 is 0 Å². The summed E-state index contributed by atoms with van der Waals surface area (Å²) in [5.74, 6) is -0.0483. The molecule has 1 heterocycles. The quantitative estimate of drug-likeness (QED) is 0.542. The number of aromatic nitrogens is 1.